The molecule has 0 radical (unpaired) electrons. The highest BCUT2D eigenvalue weighted by Gasteiger charge is 2.19. The van der Waals surface area contributed by atoms with E-state index in [1.165, 1.54) is 12.8 Å². The third-order valence-corrected chi connectivity index (χ3v) is 5.23. The molecule has 1 unspecified atom stereocenters. The van der Waals surface area contributed by atoms with Crippen LogP contribution in [0.4, 0.5) is 0 Å². The van der Waals surface area contributed by atoms with Crippen LogP contribution in [0.15, 0.2) is 36.7 Å². The van der Waals surface area contributed by atoms with Crippen LogP contribution in [0.2, 0.25) is 0 Å². The summed E-state index contributed by atoms with van der Waals surface area (Å²) in [6.07, 6.45) is 7.01. The molecule has 156 valence electrons. The number of halogens is 2. The van der Waals surface area contributed by atoms with Gasteiger partial charge in [-0.05, 0) is 57.3 Å². The van der Waals surface area contributed by atoms with E-state index in [0.29, 0.717) is 18.2 Å². The third kappa shape index (κ3) is 5.04. The van der Waals surface area contributed by atoms with Gasteiger partial charge in [0.2, 0.25) is 0 Å². The SMILES string of the molecule is Cc1c(C(=O)NCCC2CCCNC2)nnn1-c1cccc2cnccc12.Cl.Cl. The number of piperidine rings is 1. The summed E-state index contributed by atoms with van der Waals surface area (Å²) in [7, 11) is 0. The van der Waals surface area contributed by atoms with Crippen LogP contribution in [0.25, 0.3) is 16.5 Å². The highest BCUT2D eigenvalue weighted by molar-refractivity contribution is 5.94. The predicted octanol–water partition coefficient (Wildman–Crippen LogP) is 3.09. The van der Waals surface area contributed by atoms with Crippen molar-refractivity contribution >= 4 is 41.5 Å². The first-order valence-electron chi connectivity index (χ1n) is 9.48. The Labute approximate surface area is 182 Å². The standard InChI is InChI=1S/C20H24N6O.2ClH/c1-14-19(20(27)23-11-7-15-4-3-9-21-12-15)24-25-26(14)18-6-2-5-16-13-22-10-8-17(16)18;;/h2,5-6,8,10,13,15,21H,3-4,7,9,11-12H2,1H3,(H,23,27);2*1H. The number of aromatic nitrogens is 4. The van der Waals surface area contributed by atoms with E-state index < -0.39 is 0 Å². The Balaban J connectivity index is 0.00000150. The predicted molar refractivity (Wildman–Crippen MR) is 118 cm³/mol. The van der Waals surface area contributed by atoms with Crippen molar-refractivity contribution in [1.29, 1.82) is 0 Å². The molecule has 0 saturated carbocycles. The average molecular weight is 437 g/mol. The van der Waals surface area contributed by atoms with Crippen LogP contribution in [0.1, 0.15) is 35.4 Å². The molecule has 1 aliphatic rings. The Morgan fingerprint density at radius 2 is 2.17 bits per heavy atom. The van der Waals surface area contributed by atoms with E-state index in [9.17, 15) is 4.79 Å². The monoisotopic (exact) mass is 436 g/mol. The average Bonchev–Trinajstić information content (AvgIpc) is 3.09. The quantitative estimate of drug-likeness (QED) is 0.641. The number of rotatable bonds is 5. The lowest BCUT2D eigenvalue weighted by Crippen LogP contribution is -2.33. The molecule has 9 heteroatoms. The third-order valence-electron chi connectivity index (χ3n) is 5.23. The molecule has 1 aromatic carbocycles. The summed E-state index contributed by atoms with van der Waals surface area (Å²) < 4.78 is 1.72. The van der Waals surface area contributed by atoms with E-state index in [0.717, 1.165) is 41.7 Å². The van der Waals surface area contributed by atoms with E-state index in [1.807, 2.05) is 37.4 Å². The lowest BCUT2D eigenvalue weighted by Gasteiger charge is -2.22. The number of carbonyl (C=O) groups is 1. The lowest BCUT2D eigenvalue weighted by molar-refractivity contribution is 0.0945. The Bertz CT molecular complexity index is 950. The molecule has 3 aromatic rings. The Kier molecular flexibility index (Phi) is 8.37. The maximum absolute atomic E-state index is 12.6. The van der Waals surface area contributed by atoms with Crippen molar-refractivity contribution < 1.29 is 4.79 Å². The molecule has 1 aliphatic heterocycles. The summed E-state index contributed by atoms with van der Waals surface area (Å²) >= 11 is 0. The molecular formula is C20H26Cl2N6O. The fourth-order valence-electron chi connectivity index (χ4n) is 3.70. The molecule has 0 spiro atoms. The molecule has 3 heterocycles. The van der Waals surface area contributed by atoms with Gasteiger partial charge in [0.05, 0.1) is 11.4 Å². The molecule has 2 N–H and O–H groups in total. The summed E-state index contributed by atoms with van der Waals surface area (Å²) in [6.45, 7) is 4.69. The lowest BCUT2D eigenvalue weighted by atomic mass is 9.96. The van der Waals surface area contributed by atoms with Gasteiger partial charge in [-0.1, -0.05) is 17.3 Å². The van der Waals surface area contributed by atoms with E-state index >= 15 is 0 Å². The number of nitrogens with one attached hydrogen (secondary N) is 2. The highest BCUT2D eigenvalue weighted by Crippen LogP contribution is 2.22. The number of hydrogen-bond donors (Lipinski definition) is 2. The second kappa shape index (κ2) is 10.5. The van der Waals surface area contributed by atoms with Crippen LogP contribution in [0.5, 0.6) is 0 Å². The minimum Gasteiger partial charge on any atom is -0.351 e. The molecule has 2 aromatic heterocycles. The number of fused-ring (bicyclic) bond motifs is 1. The molecule has 7 nitrogen and oxygen atoms in total. The molecule has 1 fully saturated rings. The van der Waals surface area contributed by atoms with Gasteiger partial charge in [-0.25, -0.2) is 4.68 Å². The van der Waals surface area contributed by atoms with Crippen molar-refractivity contribution in [2.24, 2.45) is 5.92 Å². The van der Waals surface area contributed by atoms with Crippen molar-refractivity contribution in [2.45, 2.75) is 26.2 Å². The number of nitrogens with zero attached hydrogens (tertiary/aromatic N) is 4. The van der Waals surface area contributed by atoms with Gasteiger partial charge in [-0.2, -0.15) is 0 Å². The van der Waals surface area contributed by atoms with Crippen molar-refractivity contribution in [3.63, 3.8) is 0 Å². The van der Waals surface area contributed by atoms with Gasteiger partial charge < -0.3 is 10.6 Å². The first kappa shape index (κ1) is 23.1. The van der Waals surface area contributed by atoms with Crippen molar-refractivity contribution in [3.05, 3.63) is 48.0 Å². The van der Waals surface area contributed by atoms with Gasteiger partial charge in [0.15, 0.2) is 5.69 Å². The summed E-state index contributed by atoms with van der Waals surface area (Å²) in [6, 6.07) is 7.88. The summed E-state index contributed by atoms with van der Waals surface area (Å²) in [4.78, 5) is 16.7. The first-order chi connectivity index (χ1) is 13.2. The number of pyridine rings is 1. The number of hydrogen-bond acceptors (Lipinski definition) is 5. The Hall–Kier alpha value is -2.22. The zero-order valence-corrected chi connectivity index (χ0v) is 17.9. The zero-order chi connectivity index (χ0) is 18.6. The zero-order valence-electron chi connectivity index (χ0n) is 16.3. The molecule has 1 amide bonds. The largest absolute Gasteiger partial charge is 0.351 e. The smallest absolute Gasteiger partial charge is 0.273 e. The second-order valence-electron chi connectivity index (χ2n) is 7.07. The molecule has 0 aliphatic carbocycles. The van der Waals surface area contributed by atoms with Crippen LogP contribution in [0.3, 0.4) is 0 Å². The minimum absolute atomic E-state index is 0. The highest BCUT2D eigenvalue weighted by atomic mass is 35.5. The van der Waals surface area contributed by atoms with Crippen LogP contribution in [-0.4, -0.2) is 45.5 Å². The van der Waals surface area contributed by atoms with Crippen molar-refractivity contribution in [1.82, 2.24) is 30.6 Å². The Morgan fingerprint density at radius 3 is 2.97 bits per heavy atom. The van der Waals surface area contributed by atoms with E-state index in [-0.39, 0.29) is 30.7 Å². The first-order valence-corrected chi connectivity index (χ1v) is 9.48. The number of benzene rings is 1. The van der Waals surface area contributed by atoms with Crippen LogP contribution in [0, 0.1) is 12.8 Å². The summed E-state index contributed by atoms with van der Waals surface area (Å²) in [5.74, 6) is 0.476. The van der Waals surface area contributed by atoms with E-state index in [1.54, 1.807) is 10.9 Å². The number of amides is 1. The van der Waals surface area contributed by atoms with Crippen LogP contribution < -0.4 is 10.6 Å². The van der Waals surface area contributed by atoms with E-state index in [4.69, 9.17) is 0 Å². The van der Waals surface area contributed by atoms with Crippen LogP contribution >= 0.6 is 24.8 Å². The molecule has 0 bridgehead atoms. The molecule has 29 heavy (non-hydrogen) atoms. The Morgan fingerprint density at radius 1 is 1.31 bits per heavy atom. The van der Waals surface area contributed by atoms with Crippen molar-refractivity contribution in [2.75, 3.05) is 19.6 Å². The fraction of sp³-hybridized carbons (Fsp3) is 0.400. The maximum Gasteiger partial charge on any atom is 0.273 e. The normalized spacial score (nSPS) is 16.0. The number of carbonyl (C=O) groups excluding carboxylic acids is 1. The molecule has 1 atom stereocenters. The van der Waals surface area contributed by atoms with Gasteiger partial charge in [-0.3, -0.25) is 9.78 Å². The fourth-order valence-corrected chi connectivity index (χ4v) is 3.70. The molecular weight excluding hydrogens is 411 g/mol. The van der Waals surface area contributed by atoms with Gasteiger partial charge >= 0.3 is 0 Å². The van der Waals surface area contributed by atoms with Crippen molar-refractivity contribution in [3.8, 4) is 5.69 Å². The summed E-state index contributed by atoms with van der Waals surface area (Å²) in [5, 5.41) is 16.8. The molecule has 4 rings (SSSR count). The minimum atomic E-state index is -0.163. The van der Waals surface area contributed by atoms with Gasteiger partial charge in [0.1, 0.15) is 0 Å². The van der Waals surface area contributed by atoms with E-state index in [2.05, 4.69) is 25.9 Å². The van der Waals surface area contributed by atoms with Gasteiger partial charge in [0, 0.05) is 29.7 Å². The topological polar surface area (TPSA) is 84.7 Å². The second-order valence-corrected chi connectivity index (χ2v) is 7.07. The van der Waals surface area contributed by atoms with Gasteiger partial charge in [-0.15, -0.1) is 29.9 Å². The van der Waals surface area contributed by atoms with Gasteiger partial charge in [0.25, 0.3) is 5.91 Å². The molecule has 1 saturated heterocycles. The summed E-state index contributed by atoms with van der Waals surface area (Å²) in [5.41, 5.74) is 2.01. The van der Waals surface area contributed by atoms with Crippen LogP contribution in [-0.2, 0) is 0 Å². The maximum atomic E-state index is 12.6.